The van der Waals surface area contributed by atoms with Gasteiger partial charge in [-0.1, -0.05) is 35.3 Å². The number of ether oxygens (including phenoxy) is 1. The minimum absolute atomic E-state index is 0.422. The van der Waals surface area contributed by atoms with E-state index in [0.717, 1.165) is 17.1 Å². The number of halogens is 2. The number of para-hydroxylation sites is 2. The van der Waals surface area contributed by atoms with E-state index >= 15 is 0 Å². The van der Waals surface area contributed by atoms with Gasteiger partial charge in [-0.25, -0.2) is 4.98 Å². The molecule has 2 N–H and O–H groups in total. The van der Waals surface area contributed by atoms with Crippen LogP contribution in [0.15, 0.2) is 48.5 Å². The molecule has 0 saturated heterocycles. The Hall–Kier alpha value is -2.50. The van der Waals surface area contributed by atoms with Crippen LogP contribution in [-0.4, -0.2) is 16.6 Å². The second-order valence-electron chi connectivity index (χ2n) is 5.52. The molecule has 26 heavy (non-hydrogen) atoms. The molecule has 134 valence electrons. The Morgan fingerprint density at radius 1 is 0.962 bits per heavy atom. The first-order chi connectivity index (χ1) is 12.5. The molecule has 0 spiro atoms. The molecule has 0 fully saturated rings. The van der Waals surface area contributed by atoms with Gasteiger partial charge in [0.2, 0.25) is 5.95 Å². The average molecular weight is 389 g/mol. The van der Waals surface area contributed by atoms with Gasteiger partial charge in [0, 0.05) is 16.8 Å². The molecule has 0 bridgehead atoms. The molecule has 0 aliphatic rings. The van der Waals surface area contributed by atoms with Crippen LogP contribution in [0.1, 0.15) is 12.6 Å². The van der Waals surface area contributed by atoms with Gasteiger partial charge in [0.05, 0.1) is 23.0 Å². The molecule has 0 unspecified atom stereocenters. The zero-order chi connectivity index (χ0) is 18.5. The number of aromatic nitrogens is 2. The fourth-order valence-corrected chi connectivity index (χ4v) is 2.73. The molecule has 0 radical (unpaired) electrons. The third-order valence-corrected chi connectivity index (χ3v) is 4.04. The maximum absolute atomic E-state index is 6.20. The molecule has 0 amide bonds. The molecule has 1 aromatic heterocycles. The number of anilines is 4. The van der Waals surface area contributed by atoms with Crippen LogP contribution in [0.3, 0.4) is 0 Å². The van der Waals surface area contributed by atoms with E-state index in [1.165, 1.54) is 0 Å². The summed E-state index contributed by atoms with van der Waals surface area (Å²) in [6.07, 6.45) is 0. The van der Waals surface area contributed by atoms with Crippen molar-refractivity contribution in [3.05, 3.63) is 64.3 Å². The van der Waals surface area contributed by atoms with E-state index in [9.17, 15) is 0 Å². The molecule has 3 rings (SSSR count). The van der Waals surface area contributed by atoms with Crippen molar-refractivity contribution in [1.82, 2.24) is 9.97 Å². The van der Waals surface area contributed by atoms with Gasteiger partial charge >= 0.3 is 0 Å². The highest BCUT2D eigenvalue weighted by atomic mass is 35.5. The molecule has 7 heteroatoms. The van der Waals surface area contributed by atoms with Crippen molar-refractivity contribution in [2.45, 2.75) is 13.8 Å². The predicted molar refractivity (Wildman–Crippen MR) is 107 cm³/mol. The van der Waals surface area contributed by atoms with Crippen molar-refractivity contribution in [3.63, 3.8) is 0 Å². The van der Waals surface area contributed by atoms with Crippen LogP contribution in [0.25, 0.3) is 0 Å². The molecular weight excluding hydrogens is 371 g/mol. The molecule has 5 nitrogen and oxygen atoms in total. The summed E-state index contributed by atoms with van der Waals surface area (Å²) < 4.78 is 5.64. The third kappa shape index (κ3) is 4.56. The van der Waals surface area contributed by atoms with E-state index in [0.29, 0.717) is 34.1 Å². The largest absolute Gasteiger partial charge is 0.492 e. The summed E-state index contributed by atoms with van der Waals surface area (Å²) in [7, 11) is 0. The summed E-state index contributed by atoms with van der Waals surface area (Å²) in [5.74, 6) is 1.83. The van der Waals surface area contributed by atoms with Gasteiger partial charge in [0.15, 0.2) is 0 Å². The Kier molecular flexibility index (Phi) is 5.81. The molecule has 0 saturated carbocycles. The normalized spacial score (nSPS) is 10.5. The number of benzene rings is 2. The van der Waals surface area contributed by atoms with Gasteiger partial charge in [-0.05, 0) is 44.2 Å². The van der Waals surface area contributed by atoms with E-state index in [-0.39, 0.29) is 0 Å². The van der Waals surface area contributed by atoms with Gasteiger partial charge in [0.1, 0.15) is 11.6 Å². The van der Waals surface area contributed by atoms with Crippen LogP contribution in [0.5, 0.6) is 5.75 Å². The van der Waals surface area contributed by atoms with Crippen molar-refractivity contribution in [3.8, 4) is 5.75 Å². The zero-order valence-corrected chi connectivity index (χ0v) is 15.9. The van der Waals surface area contributed by atoms with Gasteiger partial charge in [-0.3, -0.25) is 0 Å². The number of aryl methyl sites for hydroxylation is 1. The van der Waals surface area contributed by atoms with Crippen molar-refractivity contribution in [2.75, 3.05) is 17.2 Å². The third-order valence-electron chi connectivity index (χ3n) is 3.48. The summed E-state index contributed by atoms with van der Waals surface area (Å²) in [6, 6.07) is 14.7. The van der Waals surface area contributed by atoms with Crippen LogP contribution < -0.4 is 15.4 Å². The smallest absolute Gasteiger partial charge is 0.229 e. The number of nitrogens with one attached hydrogen (secondary N) is 2. The lowest BCUT2D eigenvalue weighted by molar-refractivity contribution is 0.342. The fourth-order valence-electron chi connectivity index (χ4n) is 2.39. The summed E-state index contributed by atoms with van der Waals surface area (Å²) >= 11 is 12.2. The Balaban J connectivity index is 1.87. The lowest BCUT2D eigenvalue weighted by Crippen LogP contribution is -2.04. The van der Waals surface area contributed by atoms with Crippen LogP contribution in [-0.2, 0) is 0 Å². The highest BCUT2D eigenvalue weighted by Gasteiger charge is 2.08. The first kappa shape index (κ1) is 18.3. The van der Waals surface area contributed by atoms with Gasteiger partial charge in [-0.15, -0.1) is 0 Å². The molecule has 0 aliphatic carbocycles. The van der Waals surface area contributed by atoms with E-state index in [1.807, 2.05) is 44.2 Å². The first-order valence-electron chi connectivity index (χ1n) is 8.12. The maximum Gasteiger partial charge on any atom is 0.229 e. The zero-order valence-electron chi connectivity index (χ0n) is 14.4. The minimum Gasteiger partial charge on any atom is -0.492 e. The second kappa shape index (κ2) is 8.25. The predicted octanol–water partition coefficient (Wildman–Crippen LogP) is 5.98. The van der Waals surface area contributed by atoms with Gasteiger partial charge < -0.3 is 15.4 Å². The SMILES string of the molecule is CCOc1ccccc1Nc1cc(C)nc(Nc2cc(Cl)ccc2Cl)n1. The van der Waals surface area contributed by atoms with Crippen molar-refractivity contribution < 1.29 is 4.74 Å². The highest BCUT2D eigenvalue weighted by molar-refractivity contribution is 6.35. The monoisotopic (exact) mass is 388 g/mol. The summed E-state index contributed by atoms with van der Waals surface area (Å²) in [4.78, 5) is 8.91. The number of hydrogen-bond acceptors (Lipinski definition) is 5. The number of nitrogens with zero attached hydrogens (tertiary/aromatic N) is 2. The quantitative estimate of drug-likeness (QED) is 0.543. The Bertz CT molecular complexity index is 918. The van der Waals surface area contributed by atoms with E-state index in [1.54, 1.807) is 18.2 Å². The minimum atomic E-state index is 0.422. The van der Waals surface area contributed by atoms with Gasteiger partial charge in [-0.2, -0.15) is 4.98 Å². The van der Waals surface area contributed by atoms with E-state index in [4.69, 9.17) is 27.9 Å². The molecule has 0 aliphatic heterocycles. The summed E-state index contributed by atoms with van der Waals surface area (Å²) in [6.45, 7) is 4.43. The number of rotatable bonds is 6. The highest BCUT2D eigenvalue weighted by Crippen LogP contribution is 2.29. The summed E-state index contributed by atoms with van der Waals surface area (Å²) in [5, 5.41) is 7.50. The van der Waals surface area contributed by atoms with Crippen molar-refractivity contribution in [2.24, 2.45) is 0 Å². The maximum atomic E-state index is 6.20. The van der Waals surface area contributed by atoms with Crippen LogP contribution in [0, 0.1) is 6.92 Å². The van der Waals surface area contributed by atoms with Crippen LogP contribution in [0.2, 0.25) is 10.0 Å². The Labute approximate surface area is 162 Å². The van der Waals surface area contributed by atoms with E-state index < -0.39 is 0 Å². The molecule has 2 aromatic carbocycles. The fraction of sp³-hybridized carbons (Fsp3) is 0.158. The Morgan fingerprint density at radius 2 is 1.77 bits per heavy atom. The van der Waals surface area contributed by atoms with Crippen molar-refractivity contribution >= 4 is 46.3 Å². The molecule has 0 atom stereocenters. The Morgan fingerprint density at radius 3 is 2.58 bits per heavy atom. The lowest BCUT2D eigenvalue weighted by Gasteiger charge is -2.13. The van der Waals surface area contributed by atoms with Crippen LogP contribution in [0.4, 0.5) is 23.1 Å². The van der Waals surface area contributed by atoms with E-state index in [2.05, 4.69) is 20.6 Å². The standard InChI is InChI=1S/C19H18Cl2N4O/c1-3-26-17-7-5-4-6-15(17)23-18-10-12(2)22-19(25-18)24-16-11-13(20)8-9-14(16)21/h4-11H,3H2,1-2H3,(H2,22,23,24,25). The average Bonchev–Trinajstić information content (AvgIpc) is 2.60. The van der Waals surface area contributed by atoms with Gasteiger partial charge in [0.25, 0.3) is 0 Å². The van der Waals surface area contributed by atoms with Crippen molar-refractivity contribution in [1.29, 1.82) is 0 Å². The van der Waals surface area contributed by atoms with Crippen LogP contribution >= 0.6 is 23.2 Å². The number of hydrogen-bond donors (Lipinski definition) is 2. The molecule has 3 aromatic rings. The molecular formula is C19H18Cl2N4O. The molecule has 1 heterocycles. The second-order valence-corrected chi connectivity index (χ2v) is 6.37. The topological polar surface area (TPSA) is 59.1 Å². The lowest BCUT2D eigenvalue weighted by atomic mass is 10.3. The summed E-state index contributed by atoms with van der Waals surface area (Å²) in [5.41, 5.74) is 2.28. The first-order valence-corrected chi connectivity index (χ1v) is 8.87.